The summed E-state index contributed by atoms with van der Waals surface area (Å²) < 4.78 is 20.3. The minimum absolute atomic E-state index is 0.0144. The number of likely N-dealkylation sites (tertiary alicyclic amines) is 1. The van der Waals surface area contributed by atoms with Gasteiger partial charge in [0.1, 0.15) is 17.0 Å². The van der Waals surface area contributed by atoms with Crippen molar-refractivity contribution >= 4 is 34.4 Å². The summed E-state index contributed by atoms with van der Waals surface area (Å²) in [4.78, 5) is 11.7. The van der Waals surface area contributed by atoms with Gasteiger partial charge in [-0.25, -0.2) is 4.98 Å². The van der Waals surface area contributed by atoms with Gasteiger partial charge in [0, 0.05) is 31.9 Å². The molecule has 0 saturated carbocycles. The van der Waals surface area contributed by atoms with E-state index < -0.39 is 5.79 Å². The molecule has 0 amide bonds. The Morgan fingerprint density at radius 1 is 1.13 bits per heavy atom. The van der Waals surface area contributed by atoms with Gasteiger partial charge in [-0.2, -0.15) is 0 Å². The fraction of sp³-hybridized carbons (Fsp3) is 0.429. The molecule has 11 heteroatoms. The fourth-order valence-corrected chi connectivity index (χ4v) is 5.67. The molecule has 5 heterocycles. The molecule has 204 valence electrons. The molecule has 0 spiro atoms. The predicted molar refractivity (Wildman–Crippen MR) is 148 cm³/mol. The van der Waals surface area contributed by atoms with Crippen LogP contribution in [0.25, 0.3) is 11.2 Å². The lowest BCUT2D eigenvalue weighted by molar-refractivity contribution is -0.0722. The van der Waals surface area contributed by atoms with E-state index in [1.54, 1.807) is 25.4 Å². The van der Waals surface area contributed by atoms with Crippen LogP contribution in [-0.2, 0) is 23.6 Å². The molecule has 2 aliphatic heterocycles. The number of rotatable bonds is 7. The van der Waals surface area contributed by atoms with E-state index in [1.807, 2.05) is 32.0 Å². The van der Waals surface area contributed by atoms with E-state index in [0.29, 0.717) is 34.9 Å². The summed E-state index contributed by atoms with van der Waals surface area (Å²) in [6.07, 6.45) is 3.62. The summed E-state index contributed by atoms with van der Waals surface area (Å²) in [5.74, 6) is 1.86. The lowest BCUT2D eigenvalue weighted by Crippen LogP contribution is -2.34. The van der Waals surface area contributed by atoms with Crippen molar-refractivity contribution in [2.75, 3.05) is 20.2 Å². The number of nitrogens with zero attached hydrogens (tertiary/aromatic N) is 6. The maximum atomic E-state index is 6.44. The van der Waals surface area contributed by atoms with E-state index in [2.05, 4.69) is 30.7 Å². The number of imidazole rings is 1. The molecule has 1 aromatic carbocycles. The van der Waals surface area contributed by atoms with Crippen LogP contribution in [-0.4, -0.2) is 55.9 Å². The first kappa shape index (κ1) is 26.3. The minimum atomic E-state index is -0.992. The van der Waals surface area contributed by atoms with Gasteiger partial charge in [0.25, 0.3) is 5.79 Å². The van der Waals surface area contributed by atoms with Crippen molar-refractivity contribution in [2.45, 2.75) is 57.6 Å². The molecule has 2 unspecified atom stereocenters. The van der Waals surface area contributed by atoms with Crippen LogP contribution in [0, 0.1) is 0 Å². The number of piperidine rings is 1. The summed E-state index contributed by atoms with van der Waals surface area (Å²) in [5.41, 5.74) is 3.33. The van der Waals surface area contributed by atoms with Crippen molar-refractivity contribution in [2.24, 2.45) is 0 Å². The number of pyridine rings is 1. The van der Waals surface area contributed by atoms with Crippen molar-refractivity contribution in [3.63, 3.8) is 0 Å². The van der Waals surface area contributed by atoms with Gasteiger partial charge in [-0.1, -0.05) is 35.3 Å². The van der Waals surface area contributed by atoms with Crippen molar-refractivity contribution in [3.05, 3.63) is 69.9 Å². The van der Waals surface area contributed by atoms with Crippen molar-refractivity contribution in [1.29, 1.82) is 0 Å². The van der Waals surface area contributed by atoms with Crippen LogP contribution in [0.4, 0.5) is 0 Å². The highest BCUT2D eigenvalue weighted by molar-refractivity contribution is 6.30. The molecule has 4 aromatic rings. The van der Waals surface area contributed by atoms with Crippen molar-refractivity contribution < 1.29 is 14.2 Å². The molecule has 6 rings (SSSR count). The van der Waals surface area contributed by atoms with Crippen LogP contribution >= 0.6 is 23.2 Å². The molecule has 2 atom stereocenters. The zero-order valence-electron chi connectivity index (χ0n) is 22.1. The summed E-state index contributed by atoms with van der Waals surface area (Å²) in [6.45, 7) is 7.14. The van der Waals surface area contributed by atoms with Gasteiger partial charge in [-0.3, -0.25) is 9.88 Å². The zero-order chi connectivity index (χ0) is 27.1. The largest absolute Gasteiger partial charge is 0.443 e. The Balaban J connectivity index is 1.17. The quantitative estimate of drug-likeness (QED) is 0.285. The monoisotopic (exact) mass is 568 g/mol. The fourth-order valence-electron chi connectivity index (χ4n) is 5.41. The number of aromatic nitrogens is 5. The van der Waals surface area contributed by atoms with Crippen LogP contribution in [0.3, 0.4) is 0 Å². The van der Waals surface area contributed by atoms with E-state index in [1.165, 1.54) is 5.56 Å². The molecule has 1 saturated heterocycles. The average molecular weight is 569 g/mol. The first-order valence-electron chi connectivity index (χ1n) is 13.1. The van der Waals surface area contributed by atoms with Crippen LogP contribution < -0.4 is 9.47 Å². The zero-order valence-corrected chi connectivity index (χ0v) is 23.6. The lowest BCUT2D eigenvalue weighted by Gasteiger charge is -2.32. The summed E-state index contributed by atoms with van der Waals surface area (Å²) in [5, 5.41) is 9.26. The van der Waals surface area contributed by atoms with Gasteiger partial charge in [0.05, 0.1) is 24.2 Å². The molecule has 39 heavy (non-hydrogen) atoms. The Morgan fingerprint density at radius 2 is 1.95 bits per heavy atom. The van der Waals surface area contributed by atoms with Crippen molar-refractivity contribution in [3.8, 4) is 11.5 Å². The van der Waals surface area contributed by atoms with Gasteiger partial charge in [0.15, 0.2) is 22.3 Å². The SMILES string of the molecule is COC(C)Cn1c(CN2CCC(c3cccc4c3OC(C)(c3ccc(Cl)cn3)O4)CC2)nc2cc(Cl)nnc21. The first-order valence-corrected chi connectivity index (χ1v) is 13.8. The minimum Gasteiger partial charge on any atom is -0.443 e. The molecule has 9 nitrogen and oxygen atoms in total. The van der Waals surface area contributed by atoms with Gasteiger partial charge in [0.2, 0.25) is 0 Å². The standard InChI is InChI=1S/C28H30Cl2N6O3/c1-17(37-3)15-36-25(32-21-13-24(30)33-34-27(21)36)16-35-11-9-18(10-12-35)20-5-4-6-22-26(20)39-28(2,38-22)23-8-7-19(29)14-31-23/h4-8,13-14,17-18H,9-12,15-16H2,1-3H3. The van der Waals surface area contributed by atoms with E-state index in [-0.39, 0.29) is 6.10 Å². The van der Waals surface area contributed by atoms with Gasteiger partial charge >= 0.3 is 0 Å². The van der Waals surface area contributed by atoms with E-state index in [4.69, 9.17) is 42.4 Å². The van der Waals surface area contributed by atoms with Gasteiger partial charge in [-0.15, -0.1) is 10.2 Å². The Hall–Kier alpha value is -2.98. The average Bonchev–Trinajstić information content (AvgIpc) is 3.46. The van der Waals surface area contributed by atoms with Crippen LogP contribution in [0.2, 0.25) is 10.2 Å². The molecular weight excluding hydrogens is 539 g/mol. The molecule has 0 aliphatic carbocycles. The molecule has 1 fully saturated rings. The molecule has 0 N–H and O–H groups in total. The molecule has 0 bridgehead atoms. The Labute approximate surface area is 237 Å². The first-order chi connectivity index (χ1) is 18.8. The van der Waals surface area contributed by atoms with Crippen LogP contribution in [0.5, 0.6) is 11.5 Å². The van der Waals surface area contributed by atoms with E-state index in [0.717, 1.165) is 54.4 Å². The topological polar surface area (TPSA) is 87.4 Å². The van der Waals surface area contributed by atoms with Gasteiger partial charge < -0.3 is 18.8 Å². The third kappa shape index (κ3) is 5.16. The molecule has 2 aliphatic rings. The van der Waals surface area contributed by atoms with Gasteiger partial charge in [-0.05, 0) is 57.0 Å². The maximum absolute atomic E-state index is 6.44. The molecular formula is C28H30Cl2N6O3. The lowest BCUT2D eigenvalue weighted by atomic mass is 9.88. The number of methoxy groups -OCH3 is 1. The highest BCUT2D eigenvalue weighted by Gasteiger charge is 2.42. The summed E-state index contributed by atoms with van der Waals surface area (Å²) in [6, 6.07) is 11.5. The summed E-state index contributed by atoms with van der Waals surface area (Å²) >= 11 is 12.1. The highest BCUT2D eigenvalue weighted by atomic mass is 35.5. The second-order valence-corrected chi connectivity index (χ2v) is 11.1. The number of hydrogen-bond acceptors (Lipinski definition) is 8. The number of halogens is 2. The third-order valence-electron chi connectivity index (χ3n) is 7.58. The van der Waals surface area contributed by atoms with E-state index in [9.17, 15) is 0 Å². The number of benzene rings is 1. The van der Waals surface area contributed by atoms with Crippen LogP contribution in [0.15, 0.2) is 42.6 Å². The summed E-state index contributed by atoms with van der Waals surface area (Å²) in [7, 11) is 1.71. The Bertz CT molecular complexity index is 1490. The molecule has 0 radical (unpaired) electrons. The second-order valence-electron chi connectivity index (χ2n) is 10.3. The number of ether oxygens (including phenoxy) is 3. The normalized spacial score (nSPS) is 20.5. The number of hydrogen-bond donors (Lipinski definition) is 0. The van der Waals surface area contributed by atoms with Crippen molar-refractivity contribution in [1.82, 2.24) is 29.6 Å². The van der Waals surface area contributed by atoms with Crippen LogP contribution in [0.1, 0.15) is 49.7 Å². The van der Waals surface area contributed by atoms with E-state index >= 15 is 0 Å². The maximum Gasteiger partial charge on any atom is 0.292 e. The Morgan fingerprint density at radius 3 is 2.69 bits per heavy atom. The predicted octanol–water partition coefficient (Wildman–Crippen LogP) is 5.59. The third-order valence-corrected chi connectivity index (χ3v) is 7.99. The Kier molecular flexibility index (Phi) is 7.09. The second kappa shape index (κ2) is 10.5. The smallest absolute Gasteiger partial charge is 0.292 e. The number of fused-ring (bicyclic) bond motifs is 2. The number of para-hydroxylation sites is 1. The molecule has 3 aromatic heterocycles. The highest BCUT2D eigenvalue weighted by Crippen LogP contribution is 2.49.